The van der Waals surface area contributed by atoms with Gasteiger partial charge in [-0.2, -0.15) is 0 Å². The number of hydrogen-bond donors (Lipinski definition) is 2. The summed E-state index contributed by atoms with van der Waals surface area (Å²) in [6, 6.07) is 0. The maximum absolute atomic E-state index is 12.3. The van der Waals surface area contributed by atoms with Gasteiger partial charge in [-0.25, -0.2) is 13.6 Å². The normalized spacial score (nSPS) is 10.9. The lowest BCUT2D eigenvalue weighted by Crippen LogP contribution is -2.10. The second-order valence-electron chi connectivity index (χ2n) is 2.63. The number of halogens is 2. The molecule has 1 aromatic heterocycles. The van der Waals surface area contributed by atoms with E-state index in [-0.39, 0.29) is 12.3 Å². The van der Waals surface area contributed by atoms with Crippen LogP contribution in [0.4, 0.5) is 8.78 Å². The van der Waals surface area contributed by atoms with Gasteiger partial charge in [0.2, 0.25) is 0 Å². The van der Waals surface area contributed by atoms with Gasteiger partial charge in [-0.15, -0.1) is 0 Å². The van der Waals surface area contributed by atoms with Crippen LogP contribution in [0.15, 0.2) is 10.7 Å². The van der Waals surface area contributed by atoms with Crippen LogP contribution in [0.1, 0.15) is 28.1 Å². The number of alkyl halides is 2. The van der Waals surface area contributed by atoms with Gasteiger partial charge in [0.25, 0.3) is 6.43 Å². The molecule has 1 heterocycles. The zero-order valence-electron chi connectivity index (χ0n) is 7.38. The van der Waals surface area contributed by atoms with E-state index in [1.807, 2.05) is 0 Å². The first-order valence-electron chi connectivity index (χ1n) is 3.84. The van der Waals surface area contributed by atoms with Gasteiger partial charge in [0, 0.05) is 0 Å². The Morgan fingerprint density at radius 2 is 2.36 bits per heavy atom. The Morgan fingerprint density at radius 3 is 2.79 bits per heavy atom. The van der Waals surface area contributed by atoms with Gasteiger partial charge in [-0.3, -0.25) is 0 Å². The molecule has 6 heteroatoms. The number of nitrogens with one attached hydrogen (secondary N) is 1. The minimum atomic E-state index is -2.84. The summed E-state index contributed by atoms with van der Waals surface area (Å²) in [4.78, 5) is 10.7. The molecule has 0 atom stereocenters. The maximum Gasteiger partial charge on any atom is 0.339 e. The Morgan fingerprint density at radius 1 is 1.71 bits per heavy atom. The predicted octanol–water partition coefficient (Wildman–Crippen LogP) is 1.63. The summed E-state index contributed by atoms with van der Waals surface area (Å²) in [7, 11) is 1.57. The summed E-state index contributed by atoms with van der Waals surface area (Å²) in [6.45, 7) is 0.106. The van der Waals surface area contributed by atoms with Crippen molar-refractivity contribution in [2.24, 2.45) is 0 Å². The standard InChI is InChI=1S/C8H9F2NO3/c1-11-2-5-6(8(12)13)4(3-14-5)7(9)10/h3,7,11H,2H2,1H3,(H,12,13). The van der Waals surface area contributed by atoms with Gasteiger partial charge >= 0.3 is 5.97 Å². The molecule has 2 N–H and O–H groups in total. The molecule has 0 aliphatic heterocycles. The topological polar surface area (TPSA) is 62.5 Å². The summed E-state index contributed by atoms with van der Waals surface area (Å²) in [5.41, 5.74) is -1.03. The number of furan rings is 1. The third-order valence-corrected chi connectivity index (χ3v) is 1.68. The molecule has 1 aromatic rings. The molecular formula is C8H9F2NO3. The van der Waals surface area contributed by atoms with Crippen LogP contribution in [0, 0.1) is 0 Å². The van der Waals surface area contributed by atoms with Crippen molar-refractivity contribution in [1.29, 1.82) is 0 Å². The fraction of sp³-hybridized carbons (Fsp3) is 0.375. The highest BCUT2D eigenvalue weighted by Gasteiger charge is 2.25. The smallest absolute Gasteiger partial charge is 0.339 e. The van der Waals surface area contributed by atoms with Crippen molar-refractivity contribution in [3.8, 4) is 0 Å². The largest absolute Gasteiger partial charge is 0.478 e. The first-order valence-corrected chi connectivity index (χ1v) is 3.84. The molecule has 14 heavy (non-hydrogen) atoms. The van der Waals surface area contributed by atoms with E-state index in [2.05, 4.69) is 5.32 Å². The average molecular weight is 205 g/mol. The molecule has 0 unspecified atom stereocenters. The van der Waals surface area contributed by atoms with Crippen molar-refractivity contribution < 1.29 is 23.1 Å². The van der Waals surface area contributed by atoms with Crippen molar-refractivity contribution in [2.45, 2.75) is 13.0 Å². The highest BCUT2D eigenvalue weighted by molar-refractivity contribution is 5.90. The first-order chi connectivity index (χ1) is 6.57. The second kappa shape index (κ2) is 4.19. The molecule has 0 saturated heterocycles. The monoisotopic (exact) mass is 205 g/mol. The van der Waals surface area contributed by atoms with Crippen molar-refractivity contribution in [2.75, 3.05) is 7.05 Å². The van der Waals surface area contributed by atoms with Crippen molar-refractivity contribution in [3.63, 3.8) is 0 Å². The molecule has 0 radical (unpaired) electrons. The van der Waals surface area contributed by atoms with Gasteiger partial charge in [0.05, 0.1) is 12.1 Å². The van der Waals surface area contributed by atoms with Crippen LogP contribution in [0.2, 0.25) is 0 Å². The molecule has 0 fully saturated rings. The number of carboxylic acid groups (broad SMARTS) is 1. The molecule has 0 amide bonds. The molecular weight excluding hydrogens is 196 g/mol. The van der Waals surface area contributed by atoms with Crippen LogP contribution < -0.4 is 5.32 Å². The van der Waals surface area contributed by atoms with Gasteiger partial charge in [0.1, 0.15) is 17.6 Å². The highest BCUT2D eigenvalue weighted by atomic mass is 19.3. The Labute approximate surface area is 78.5 Å². The quantitative estimate of drug-likeness (QED) is 0.784. The first kappa shape index (κ1) is 10.6. The summed E-state index contributed by atoms with van der Waals surface area (Å²) in [6.07, 6.45) is -2.06. The zero-order valence-corrected chi connectivity index (χ0v) is 7.38. The van der Waals surface area contributed by atoms with Crippen LogP contribution in [0.25, 0.3) is 0 Å². The van der Waals surface area contributed by atoms with Crippen molar-refractivity contribution in [3.05, 3.63) is 23.2 Å². The molecule has 0 aromatic carbocycles. The van der Waals surface area contributed by atoms with Crippen molar-refractivity contribution in [1.82, 2.24) is 5.32 Å². The van der Waals surface area contributed by atoms with E-state index in [4.69, 9.17) is 9.52 Å². The minimum absolute atomic E-state index is 0.00954. The molecule has 1 rings (SSSR count). The summed E-state index contributed by atoms with van der Waals surface area (Å²) >= 11 is 0. The Hall–Kier alpha value is -1.43. The Balaban J connectivity index is 3.13. The number of aromatic carboxylic acids is 1. The Kier molecular flexibility index (Phi) is 3.19. The number of carbonyl (C=O) groups is 1. The lowest BCUT2D eigenvalue weighted by Gasteiger charge is -1.99. The van der Waals surface area contributed by atoms with E-state index in [1.54, 1.807) is 7.05 Å². The molecule has 0 saturated carbocycles. The van der Waals surface area contributed by atoms with Crippen LogP contribution in [0.3, 0.4) is 0 Å². The average Bonchev–Trinajstić information content (AvgIpc) is 2.48. The molecule has 4 nitrogen and oxygen atoms in total. The van der Waals surface area contributed by atoms with E-state index in [0.29, 0.717) is 0 Å². The molecule has 0 aliphatic carbocycles. The van der Waals surface area contributed by atoms with Crippen LogP contribution in [-0.2, 0) is 6.54 Å². The van der Waals surface area contributed by atoms with Crippen molar-refractivity contribution >= 4 is 5.97 Å². The van der Waals surface area contributed by atoms with E-state index < -0.39 is 23.5 Å². The lowest BCUT2D eigenvalue weighted by molar-refractivity contribution is 0.0683. The summed E-state index contributed by atoms with van der Waals surface area (Å²) < 4.78 is 29.3. The fourth-order valence-electron chi connectivity index (χ4n) is 1.11. The maximum atomic E-state index is 12.3. The van der Waals surface area contributed by atoms with E-state index in [9.17, 15) is 13.6 Å². The summed E-state index contributed by atoms with van der Waals surface area (Å²) in [5, 5.41) is 11.3. The minimum Gasteiger partial charge on any atom is -0.478 e. The van der Waals surface area contributed by atoms with E-state index in [1.165, 1.54) is 0 Å². The van der Waals surface area contributed by atoms with E-state index >= 15 is 0 Å². The van der Waals surface area contributed by atoms with Gasteiger partial charge in [-0.1, -0.05) is 0 Å². The third-order valence-electron chi connectivity index (χ3n) is 1.68. The molecule has 0 spiro atoms. The van der Waals surface area contributed by atoms with Gasteiger partial charge in [-0.05, 0) is 7.05 Å². The fourth-order valence-corrected chi connectivity index (χ4v) is 1.11. The molecule has 78 valence electrons. The molecule has 0 bridgehead atoms. The van der Waals surface area contributed by atoms with E-state index in [0.717, 1.165) is 6.26 Å². The number of carboxylic acids is 1. The van der Waals surface area contributed by atoms with Crippen LogP contribution >= 0.6 is 0 Å². The number of hydrogen-bond acceptors (Lipinski definition) is 3. The van der Waals surface area contributed by atoms with Gasteiger partial charge < -0.3 is 14.8 Å². The third kappa shape index (κ3) is 1.90. The van der Waals surface area contributed by atoms with Crippen LogP contribution in [0.5, 0.6) is 0 Å². The zero-order chi connectivity index (χ0) is 10.7. The number of rotatable bonds is 4. The second-order valence-corrected chi connectivity index (χ2v) is 2.63. The SMILES string of the molecule is CNCc1occ(C(F)F)c1C(=O)O. The van der Waals surface area contributed by atoms with Gasteiger partial charge in [0.15, 0.2) is 0 Å². The Bertz CT molecular complexity index is 335. The predicted molar refractivity (Wildman–Crippen MR) is 43.4 cm³/mol. The van der Waals surface area contributed by atoms with Crippen LogP contribution in [-0.4, -0.2) is 18.1 Å². The summed E-state index contributed by atoms with van der Waals surface area (Å²) in [5.74, 6) is -1.39. The molecule has 0 aliphatic rings. The lowest BCUT2D eigenvalue weighted by atomic mass is 10.1. The highest BCUT2D eigenvalue weighted by Crippen LogP contribution is 2.27.